The van der Waals surface area contributed by atoms with Gasteiger partial charge in [-0.15, -0.1) is 0 Å². The smallest absolute Gasteiger partial charge is 0.115 e. The molecule has 0 bridgehead atoms. The highest BCUT2D eigenvalue weighted by atomic mass is 79.9. The van der Waals surface area contributed by atoms with Crippen molar-refractivity contribution in [3.05, 3.63) is 57.6 Å². The van der Waals surface area contributed by atoms with Gasteiger partial charge in [0.1, 0.15) is 5.75 Å². The van der Waals surface area contributed by atoms with E-state index in [1.807, 2.05) is 12.1 Å². The predicted molar refractivity (Wildman–Crippen MR) is 104 cm³/mol. The Labute approximate surface area is 152 Å². The molecule has 1 aliphatic heterocycles. The Kier molecular flexibility index (Phi) is 5.47. The summed E-state index contributed by atoms with van der Waals surface area (Å²) in [6.07, 6.45) is 2.40. The number of hydrogen-bond acceptors (Lipinski definition) is 3. The van der Waals surface area contributed by atoms with E-state index in [-0.39, 0.29) is 0 Å². The van der Waals surface area contributed by atoms with Crippen LogP contribution in [0.2, 0.25) is 0 Å². The normalized spacial score (nSPS) is 18.0. The average molecular weight is 389 g/mol. The van der Waals surface area contributed by atoms with E-state index < -0.39 is 0 Å². The van der Waals surface area contributed by atoms with Crippen molar-refractivity contribution in [1.82, 2.24) is 5.32 Å². The predicted octanol–water partition coefficient (Wildman–Crippen LogP) is 4.53. The summed E-state index contributed by atoms with van der Waals surface area (Å²) in [4.78, 5) is 2.51. The van der Waals surface area contributed by atoms with Gasteiger partial charge >= 0.3 is 0 Å². The van der Waals surface area contributed by atoms with Crippen LogP contribution in [0.4, 0.5) is 5.69 Å². The van der Waals surface area contributed by atoms with Gasteiger partial charge in [0.2, 0.25) is 0 Å². The van der Waals surface area contributed by atoms with Gasteiger partial charge in [0, 0.05) is 35.8 Å². The second-order valence-electron chi connectivity index (χ2n) is 6.72. The van der Waals surface area contributed by atoms with Crippen LogP contribution in [-0.4, -0.2) is 24.2 Å². The number of phenols is 1. The molecule has 1 saturated heterocycles. The maximum Gasteiger partial charge on any atom is 0.115 e. The third kappa shape index (κ3) is 4.11. The molecule has 0 radical (unpaired) electrons. The number of hydrogen-bond donors (Lipinski definition) is 2. The Balaban J connectivity index is 1.66. The van der Waals surface area contributed by atoms with Gasteiger partial charge in [-0.05, 0) is 67.6 Å². The number of nitrogens with one attached hydrogen (secondary N) is 1. The highest BCUT2D eigenvalue weighted by molar-refractivity contribution is 9.10. The quantitative estimate of drug-likeness (QED) is 0.807. The van der Waals surface area contributed by atoms with E-state index in [1.54, 1.807) is 6.07 Å². The summed E-state index contributed by atoms with van der Waals surface area (Å²) >= 11 is 3.59. The fourth-order valence-corrected chi connectivity index (χ4v) is 4.36. The molecular weight excluding hydrogens is 364 g/mol. The maximum absolute atomic E-state index is 9.58. The molecule has 128 valence electrons. The fourth-order valence-electron chi connectivity index (χ4n) is 3.68. The topological polar surface area (TPSA) is 35.5 Å². The molecule has 1 aliphatic rings. The summed E-state index contributed by atoms with van der Waals surface area (Å²) < 4.78 is 1.15. The van der Waals surface area contributed by atoms with Crippen molar-refractivity contribution in [1.29, 1.82) is 0 Å². The highest BCUT2D eigenvalue weighted by Gasteiger charge is 2.22. The van der Waals surface area contributed by atoms with Crippen LogP contribution < -0.4 is 10.2 Å². The lowest BCUT2D eigenvalue weighted by molar-refractivity contribution is 0.420. The first-order valence-corrected chi connectivity index (χ1v) is 9.35. The molecule has 4 heteroatoms. The maximum atomic E-state index is 9.58. The molecule has 3 rings (SSSR count). The third-order valence-corrected chi connectivity index (χ3v) is 5.16. The molecule has 2 N–H and O–H groups in total. The summed E-state index contributed by atoms with van der Waals surface area (Å²) in [5.41, 5.74) is 5.16. The number of nitrogens with zero attached hydrogens (tertiary/aromatic N) is 1. The van der Waals surface area contributed by atoms with Crippen LogP contribution in [0, 0.1) is 13.8 Å². The number of aromatic hydroxyl groups is 1. The van der Waals surface area contributed by atoms with E-state index in [9.17, 15) is 5.11 Å². The van der Waals surface area contributed by atoms with Crippen molar-refractivity contribution in [3.8, 4) is 5.75 Å². The van der Waals surface area contributed by atoms with Crippen molar-refractivity contribution >= 4 is 21.6 Å². The van der Waals surface area contributed by atoms with Gasteiger partial charge in [-0.3, -0.25) is 0 Å². The van der Waals surface area contributed by atoms with Crippen LogP contribution >= 0.6 is 15.9 Å². The number of anilines is 1. The lowest BCUT2D eigenvalue weighted by Gasteiger charge is -2.36. The zero-order valence-corrected chi connectivity index (χ0v) is 15.9. The Morgan fingerprint density at radius 3 is 2.67 bits per heavy atom. The van der Waals surface area contributed by atoms with Crippen LogP contribution in [0.3, 0.4) is 0 Å². The Morgan fingerprint density at radius 1 is 1.21 bits per heavy atom. The minimum atomic E-state index is 0.334. The molecule has 0 spiro atoms. The van der Waals surface area contributed by atoms with Crippen LogP contribution in [0.5, 0.6) is 5.75 Å². The van der Waals surface area contributed by atoms with Crippen LogP contribution in [-0.2, 0) is 6.54 Å². The van der Waals surface area contributed by atoms with Gasteiger partial charge in [-0.2, -0.15) is 0 Å². The number of halogens is 1. The molecule has 0 saturated carbocycles. The van der Waals surface area contributed by atoms with Crippen molar-refractivity contribution in [2.75, 3.05) is 18.0 Å². The second kappa shape index (κ2) is 7.58. The fraction of sp³-hybridized carbons (Fsp3) is 0.400. The largest absolute Gasteiger partial charge is 0.508 e. The summed E-state index contributed by atoms with van der Waals surface area (Å²) in [6, 6.07) is 12.4. The number of rotatable bonds is 4. The molecule has 0 aliphatic carbocycles. The van der Waals surface area contributed by atoms with E-state index >= 15 is 0 Å². The summed E-state index contributed by atoms with van der Waals surface area (Å²) in [5.74, 6) is 0.334. The van der Waals surface area contributed by atoms with Gasteiger partial charge in [0.15, 0.2) is 0 Å². The molecule has 2 aromatic rings. The molecule has 24 heavy (non-hydrogen) atoms. The van der Waals surface area contributed by atoms with Gasteiger partial charge in [0.25, 0.3) is 0 Å². The third-order valence-electron chi connectivity index (χ3n) is 4.70. The molecule has 1 atom stereocenters. The van der Waals surface area contributed by atoms with Crippen LogP contribution in [0.25, 0.3) is 0 Å². The number of aryl methyl sites for hydroxylation is 2. The number of benzene rings is 2. The number of piperidine rings is 1. The minimum Gasteiger partial charge on any atom is -0.508 e. The first kappa shape index (κ1) is 17.3. The average Bonchev–Trinajstić information content (AvgIpc) is 2.52. The molecule has 3 nitrogen and oxygen atoms in total. The van der Waals surface area contributed by atoms with Crippen molar-refractivity contribution < 1.29 is 5.11 Å². The molecule has 1 fully saturated rings. The molecule has 0 amide bonds. The molecular formula is C20H25BrN2O. The Morgan fingerprint density at radius 2 is 1.96 bits per heavy atom. The van der Waals surface area contributed by atoms with E-state index in [0.29, 0.717) is 11.8 Å². The zero-order chi connectivity index (χ0) is 17.1. The Hall–Kier alpha value is -1.52. The van der Waals surface area contributed by atoms with Crippen molar-refractivity contribution in [2.45, 2.75) is 39.3 Å². The first-order chi connectivity index (χ1) is 11.5. The van der Waals surface area contributed by atoms with Crippen LogP contribution in [0.1, 0.15) is 29.5 Å². The molecule has 1 heterocycles. The lowest BCUT2D eigenvalue weighted by atomic mass is 10.0. The van der Waals surface area contributed by atoms with E-state index in [4.69, 9.17) is 0 Å². The standard InChI is InChI=1S/C20H25BrN2O/c1-14-9-17(21)10-15(2)20(14)23-8-4-6-18(13-23)22-12-16-5-3-7-19(24)11-16/h3,5,7,9-11,18,22,24H,4,6,8,12-13H2,1-2H3. The molecule has 0 aromatic heterocycles. The SMILES string of the molecule is Cc1cc(Br)cc(C)c1N1CCCC(NCc2cccc(O)c2)C1. The van der Waals surface area contributed by atoms with Gasteiger partial charge in [0.05, 0.1) is 0 Å². The monoisotopic (exact) mass is 388 g/mol. The zero-order valence-electron chi connectivity index (χ0n) is 14.3. The number of phenolic OH excluding ortho intramolecular Hbond substituents is 1. The highest BCUT2D eigenvalue weighted by Crippen LogP contribution is 2.30. The van der Waals surface area contributed by atoms with Crippen molar-refractivity contribution in [2.24, 2.45) is 0 Å². The minimum absolute atomic E-state index is 0.334. The van der Waals surface area contributed by atoms with Crippen LogP contribution in [0.15, 0.2) is 40.9 Å². The molecule has 1 unspecified atom stereocenters. The van der Waals surface area contributed by atoms with E-state index in [0.717, 1.165) is 29.7 Å². The van der Waals surface area contributed by atoms with Crippen molar-refractivity contribution in [3.63, 3.8) is 0 Å². The van der Waals surface area contributed by atoms with Gasteiger partial charge in [-0.1, -0.05) is 28.1 Å². The first-order valence-electron chi connectivity index (χ1n) is 8.56. The van der Waals surface area contributed by atoms with Gasteiger partial charge < -0.3 is 15.3 Å². The summed E-state index contributed by atoms with van der Waals surface area (Å²) in [5, 5.41) is 13.2. The lowest BCUT2D eigenvalue weighted by Crippen LogP contribution is -2.46. The van der Waals surface area contributed by atoms with Gasteiger partial charge in [-0.25, -0.2) is 0 Å². The second-order valence-corrected chi connectivity index (χ2v) is 7.64. The summed E-state index contributed by atoms with van der Waals surface area (Å²) in [7, 11) is 0. The molecule has 2 aromatic carbocycles. The van der Waals surface area contributed by atoms with E-state index in [1.165, 1.54) is 29.7 Å². The van der Waals surface area contributed by atoms with E-state index in [2.05, 4.69) is 58.2 Å². The summed E-state index contributed by atoms with van der Waals surface area (Å²) in [6.45, 7) is 7.33. The Bertz CT molecular complexity index is 694.